The van der Waals surface area contributed by atoms with Crippen LogP contribution >= 0.6 is 0 Å². The smallest absolute Gasteiger partial charge is 0.243 e. The normalized spacial score (nSPS) is 12.1. The predicted octanol–water partition coefficient (Wildman–Crippen LogP) is 2.47. The lowest BCUT2D eigenvalue weighted by Gasteiger charge is -2.21. The van der Waals surface area contributed by atoms with Gasteiger partial charge in [-0.15, -0.1) is 0 Å². The Morgan fingerprint density at radius 2 is 1.68 bits per heavy atom. The molecular weight excluding hydrogens is 298 g/mol. The zero-order valence-corrected chi connectivity index (χ0v) is 14.8. The molecule has 0 spiro atoms. The van der Waals surface area contributed by atoms with E-state index >= 15 is 0 Å². The van der Waals surface area contributed by atoms with Crippen LogP contribution < -0.4 is 0 Å². The van der Waals surface area contributed by atoms with Gasteiger partial charge in [0.2, 0.25) is 10.0 Å². The Hall–Kier alpha value is -1.66. The highest BCUT2D eigenvalue weighted by atomic mass is 32.2. The lowest BCUT2D eigenvalue weighted by Crippen LogP contribution is -2.28. The lowest BCUT2D eigenvalue weighted by molar-refractivity contribution is 0.465. The van der Waals surface area contributed by atoms with Crippen LogP contribution in [0.4, 0.5) is 0 Å². The van der Waals surface area contributed by atoms with Crippen LogP contribution in [0.2, 0.25) is 0 Å². The van der Waals surface area contributed by atoms with Crippen molar-refractivity contribution >= 4 is 10.0 Å². The summed E-state index contributed by atoms with van der Waals surface area (Å²) in [6.45, 7) is 7.94. The Morgan fingerprint density at radius 1 is 1.14 bits per heavy atom. The van der Waals surface area contributed by atoms with Gasteiger partial charge in [-0.2, -0.15) is 9.40 Å². The second kappa shape index (κ2) is 5.85. The maximum atomic E-state index is 13.0. The van der Waals surface area contributed by atoms with Gasteiger partial charge in [0.05, 0.1) is 11.1 Å². The van der Waals surface area contributed by atoms with Gasteiger partial charge in [0, 0.05) is 32.4 Å². The molecule has 0 saturated carbocycles. The van der Waals surface area contributed by atoms with Crippen LogP contribution in [0.3, 0.4) is 0 Å². The minimum atomic E-state index is -3.54. The molecule has 0 atom stereocenters. The molecule has 1 aromatic carbocycles. The Morgan fingerprint density at radius 3 is 2.14 bits per heavy atom. The lowest BCUT2D eigenvalue weighted by atomic mass is 10.0. The monoisotopic (exact) mass is 321 g/mol. The van der Waals surface area contributed by atoms with E-state index < -0.39 is 10.0 Å². The molecule has 0 amide bonds. The summed E-state index contributed by atoms with van der Waals surface area (Å²) in [6.07, 6.45) is 3.51. The van der Waals surface area contributed by atoms with Gasteiger partial charge in [0.25, 0.3) is 0 Å². The first-order valence-corrected chi connectivity index (χ1v) is 8.60. The number of nitrogens with zero attached hydrogens (tertiary/aromatic N) is 3. The summed E-state index contributed by atoms with van der Waals surface area (Å²) >= 11 is 0. The summed E-state index contributed by atoms with van der Waals surface area (Å²) < 4.78 is 29.0. The molecule has 120 valence electrons. The van der Waals surface area contributed by atoms with Crippen LogP contribution in [0.25, 0.3) is 0 Å². The maximum Gasteiger partial charge on any atom is 0.243 e. The van der Waals surface area contributed by atoms with Gasteiger partial charge < -0.3 is 0 Å². The Bertz CT molecular complexity index is 781. The van der Waals surface area contributed by atoms with E-state index in [1.165, 1.54) is 4.31 Å². The van der Waals surface area contributed by atoms with E-state index in [1.807, 2.05) is 47.0 Å². The van der Waals surface area contributed by atoms with Crippen molar-refractivity contribution in [2.24, 2.45) is 7.05 Å². The van der Waals surface area contributed by atoms with Crippen LogP contribution in [0.1, 0.15) is 27.8 Å². The molecule has 0 aliphatic heterocycles. The first kappa shape index (κ1) is 16.7. The summed E-state index contributed by atoms with van der Waals surface area (Å²) in [6, 6.07) is 2.03. The minimum Gasteiger partial charge on any atom is -0.275 e. The molecule has 0 fully saturated rings. The van der Waals surface area contributed by atoms with Gasteiger partial charge in [-0.1, -0.05) is 6.07 Å². The van der Waals surface area contributed by atoms with Gasteiger partial charge in [-0.3, -0.25) is 4.68 Å². The van der Waals surface area contributed by atoms with Crippen molar-refractivity contribution in [3.05, 3.63) is 46.3 Å². The van der Waals surface area contributed by atoms with Crippen LogP contribution in [0.15, 0.2) is 23.4 Å². The van der Waals surface area contributed by atoms with E-state index in [0.29, 0.717) is 11.4 Å². The Balaban J connectivity index is 2.46. The van der Waals surface area contributed by atoms with Gasteiger partial charge in [-0.05, 0) is 49.9 Å². The van der Waals surface area contributed by atoms with Gasteiger partial charge in [-0.25, -0.2) is 8.42 Å². The number of sulfonamides is 1. The summed E-state index contributed by atoms with van der Waals surface area (Å²) in [5.41, 5.74) is 4.50. The van der Waals surface area contributed by atoms with E-state index in [0.717, 1.165) is 27.8 Å². The van der Waals surface area contributed by atoms with Crippen molar-refractivity contribution in [1.82, 2.24) is 14.1 Å². The SMILES string of the molecule is Cc1cc(C)c(C)c(S(=O)(=O)N(C)Cc2cnn(C)c2)c1C. The fourth-order valence-electron chi connectivity index (χ4n) is 2.62. The molecule has 0 aliphatic carbocycles. The molecular formula is C16H23N3O2S. The van der Waals surface area contributed by atoms with Crippen molar-refractivity contribution in [3.63, 3.8) is 0 Å². The number of hydrogen-bond donors (Lipinski definition) is 0. The molecule has 0 N–H and O–H groups in total. The van der Waals surface area contributed by atoms with Crippen molar-refractivity contribution in [2.75, 3.05) is 7.05 Å². The quantitative estimate of drug-likeness (QED) is 0.869. The number of rotatable bonds is 4. The largest absolute Gasteiger partial charge is 0.275 e. The maximum absolute atomic E-state index is 13.0. The molecule has 1 heterocycles. The van der Waals surface area contributed by atoms with Gasteiger partial charge in [0.1, 0.15) is 0 Å². The first-order valence-electron chi connectivity index (χ1n) is 7.16. The second-order valence-corrected chi connectivity index (χ2v) is 7.85. The standard InChI is InChI=1S/C16H23N3O2S/c1-11-7-12(2)14(4)16(13(11)3)22(20,21)19(6)10-15-8-17-18(5)9-15/h7-9H,10H2,1-6H3. The fraction of sp³-hybridized carbons (Fsp3) is 0.438. The second-order valence-electron chi connectivity index (χ2n) is 5.87. The summed E-state index contributed by atoms with van der Waals surface area (Å²) in [7, 11) is -0.112. The molecule has 5 nitrogen and oxygen atoms in total. The molecule has 6 heteroatoms. The third-order valence-electron chi connectivity index (χ3n) is 4.13. The van der Waals surface area contributed by atoms with Crippen LogP contribution in [-0.4, -0.2) is 29.6 Å². The van der Waals surface area contributed by atoms with Gasteiger partial charge in [0.15, 0.2) is 0 Å². The topological polar surface area (TPSA) is 55.2 Å². The fourth-order valence-corrected chi connectivity index (χ4v) is 4.35. The zero-order valence-electron chi connectivity index (χ0n) is 14.0. The molecule has 0 aliphatic rings. The predicted molar refractivity (Wildman–Crippen MR) is 87.3 cm³/mol. The highest BCUT2D eigenvalue weighted by Gasteiger charge is 2.26. The van der Waals surface area contributed by atoms with E-state index in [-0.39, 0.29) is 0 Å². The van der Waals surface area contributed by atoms with E-state index in [1.54, 1.807) is 17.9 Å². The molecule has 22 heavy (non-hydrogen) atoms. The summed E-state index contributed by atoms with van der Waals surface area (Å²) in [4.78, 5) is 0.427. The van der Waals surface area contributed by atoms with Crippen LogP contribution in [0, 0.1) is 27.7 Å². The highest BCUT2D eigenvalue weighted by molar-refractivity contribution is 7.89. The van der Waals surface area contributed by atoms with E-state index in [9.17, 15) is 8.42 Å². The van der Waals surface area contributed by atoms with Crippen molar-refractivity contribution in [2.45, 2.75) is 39.1 Å². The molecule has 1 aromatic heterocycles. The molecule has 2 aromatic rings. The van der Waals surface area contributed by atoms with Crippen LogP contribution in [0.5, 0.6) is 0 Å². The summed E-state index contributed by atoms with van der Waals surface area (Å²) in [5.74, 6) is 0. The van der Waals surface area contributed by atoms with Gasteiger partial charge >= 0.3 is 0 Å². The van der Waals surface area contributed by atoms with Crippen molar-refractivity contribution in [3.8, 4) is 0 Å². The molecule has 0 unspecified atom stereocenters. The summed E-state index contributed by atoms with van der Waals surface area (Å²) in [5, 5.41) is 4.08. The number of aryl methyl sites for hydroxylation is 3. The average molecular weight is 321 g/mol. The average Bonchev–Trinajstić information content (AvgIpc) is 2.82. The molecule has 0 bridgehead atoms. The number of aromatic nitrogens is 2. The molecule has 2 rings (SSSR count). The number of benzene rings is 1. The Kier molecular flexibility index (Phi) is 4.44. The van der Waals surface area contributed by atoms with E-state index in [4.69, 9.17) is 0 Å². The van der Waals surface area contributed by atoms with Crippen LogP contribution in [-0.2, 0) is 23.6 Å². The Labute approximate surface area is 132 Å². The third-order valence-corrected chi connectivity index (χ3v) is 6.21. The zero-order chi connectivity index (χ0) is 16.7. The number of hydrogen-bond acceptors (Lipinski definition) is 3. The first-order chi connectivity index (χ1) is 10.1. The minimum absolute atomic E-state index is 0.308. The molecule has 0 saturated heterocycles. The third kappa shape index (κ3) is 2.94. The van der Waals surface area contributed by atoms with Crippen molar-refractivity contribution in [1.29, 1.82) is 0 Å². The molecule has 0 radical (unpaired) electrons. The van der Waals surface area contributed by atoms with E-state index in [2.05, 4.69) is 5.10 Å². The van der Waals surface area contributed by atoms with Crippen molar-refractivity contribution < 1.29 is 8.42 Å². The highest BCUT2D eigenvalue weighted by Crippen LogP contribution is 2.28.